The number of aliphatic carboxylic acids is 1. The third-order valence-electron chi connectivity index (χ3n) is 2.54. The molecule has 1 aromatic rings. The maximum Gasteiger partial charge on any atom is 0.303 e. The van der Waals surface area contributed by atoms with Gasteiger partial charge in [0.2, 0.25) is 0 Å². The highest BCUT2D eigenvalue weighted by molar-refractivity contribution is 5.68. The molecule has 2 nitrogen and oxygen atoms in total. The van der Waals surface area contributed by atoms with Crippen LogP contribution in [0.5, 0.6) is 0 Å². The van der Waals surface area contributed by atoms with Crippen molar-refractivity contribution >= 4 is 5.97 Å². The van der Waals surface area contributed by atoms with Crippen molar-refractivity contribution in [1.82, 2.24) is 0 Å². The summed E-state index contributed by atoms with van der Waals surface area (Å²) in [5.41, 5.74) is 2.35. The van der Waals surface area contributed by atoms with Gasteiger partial charge in [-0.25, -0.2) is 0 Å². The van der Waals surface area contributed by atoms with E-state index in [1.165, 1.54) is 5.56 Å². The van der Waals surface area contributed by atoms with Crippen molar-refractivity contribution in [2.75, 3.05) is 0 Å². The minimum atomic E-state index is -0.722. The van der Waals surface area contributed by atoms with Crippen LogP contribution in [-0.2, 0) is 4.79 Å². The van der Waals surface area contributed by atoms with Crippen LogP contribution in [0, 0.1) is 6.92 Å². The predicted octanol–water partition coefficient (Wildman–Crippen LogP) is 2.96. The van der Waals surface area contributed by atoms with Crippen molar-refractivity contribution in [2.24, 2.45) is 0 Å². The first-order valence-corrected chi connectivity index (χ1v) is 4.92. The number of aryl methyl sites for hydroxylation is 1. The molecular weight excluding hydrogens is 176 g/mol. The molecule has 0 aromatic heterocycles. The Morgan fingerprint density at radius 2 is 2.07 bits per heavy atom. The SMILES string of the molecule is CCC(CC(=O)O)c1ccccc1C. The lowest BCUT2D eigenvalue weighted by Gasteiger charge is -2.15. The van der Waals surface area contributed by atoms with E-state index in [-0.39, 0.29) is 12.3 Å². The summed E-state index contributed by atoms with van der Waals surface area (Å²) >= 11 is 0. The second-order valence-electron chi connectivity index (χ2n) is 3.56. The average Bonchev–Trinajstić information content (AvgIpc) is 2.15. The molecule has 1 rings (SSSR count). The number of benzene rings is 1. The van der Waals surface area contributed by atoms with E-state index in [1.54, 1.807) is 0 Å². The van der Waals surface area contributed by atoms with Crippen LogP contribution in [0.15, 0.2) is 24.3 Å². The zero-order valence-corrected chi connectivity index (χ0v) is 8.66. The minimum Gasteiger partial charge on any atom is -0.481 e. The predicted molar refractivity (Wildman–Crippen MR) is 56.5 cm³/mol. The van der Waals surface area contributed by atoms with Crippen molar-refractivity contribution in [3.63, 3.8) is 0 Å². The molecule has 0 saturated carbocycles. The van der Waals surface area contributed by atoms with Crippen molar-refractivity contribution in [3.05, 3.63) is 35.4 Å². The Labute approximate surface area is 84.6 Å². The largest absolute Gasteiger partial charge is 0.481 e. The van der Waals surface area contributed by atoms with Crippen LogP contribution >= 0.6 is 0 Å². The van der Waals surface area contributed by atoms with Crippen LogP contribution in [0.25, 0.3) is 0 Å². The molecule has 14 heavy (non-hydrogen) atoms. The Bertz CT molecular complexity index is 318. The van der Waals surface area contributed by atoms with Gasteiger partial charge in [-0.15, -0.1) is 0 Å². The zero-order chi connectivity index (χ0) is 10.6. The number of carboxylic acid groups (broad SMARTS) is 1. The number of carboxylic acids is 1. The second-order valence-corrected chi connectivity index (χ2v) is 3.56. The number of hydrogen-bond acceptors (Lipinski definition) is 1. The molecule has 0 amide bonds. The minimum absolute atomic E-state index is 0.147. The lowest BCUT2D eigenvalue weighted by atomic mass is 9.90. The number of hydrogen-bond donors (Lipinski definition) is 1. The fourth-order valence-electron chi connectivity index (χ4n) is 1.73. The summed E-state index contributed by atoms with van der Waals surface area (Å²) in [4.78, 5) is 10.7. The van der Waals surface area contributed by atoms with Crippen LogP contribution < -0.4 is 0 Å². The van der Waals surface area contributed by atoms with E-state index < -0.39 is 5.97 Å². The molecule has 0 bridgehead atoms. The highest BCUT2D eigenvalue weighted by Crippen LogP contribution is 2.25. The number of carbonyl (C=O) groups is 1. The normalized spacial score (nSPS) is 12.4. The van der Waals surface area contributed by atoms with Gasteiger partial charge in [0.1, 0.15) is 0 Å². The van der Waals surface area contributed by atoms with Gasteiger partial charge in [0, 0.05) is 0 Å². The summed E-state index contributed by atoms with van der Waals surface area (Å²) in [6.45, 7) is 4.06. The maximum absolute atomic E-state index is 10.7. The molecule has 0 fully saturated rings. The Hall–Kier alpha value is -1.31. The molecule has 0 saturated heterocycles. The Balaban J connectivity index is 2.89. The van der Waals surface area contributed by atoms with Gasteiger partial charge in [0.05, 0.1) is 6.42 Å². The molecule has 1 unspecified atom stereocenters. The van der Waals surface area contributed by atoms with Crippen molar-refractivity contribution in [1.29, 1.82) is 0 Å². The molecule has 2 heteroatoms. The van der Waals surface area contributed by atoms with Crippen LogP contribution in [0.2, 0.25) is 0 Å². The Morgan fingerprint density at radius 1 is 1.43 bits per heavy atom. The zero-order valence-electron chi connectivity index (χ0n) is 8.66. The molecular formula is C12H16O2. The van der Waals surface area contributed by atoms with Crippen LogP contribution in [-0.4, -0.2) is 11.1 Å². The van der Waals surface area contributed by atoms with E-state index in [1.807, 2.05) is 38.1 Å². The second kappa shape index (κ2) is 4.80. The molecule has 1 atom stereocenters. The first kappa shape index (κ1) is 10.8. The van der Waals surface area contributed by atoms with Gasteiger partial charge in [-0.1, -0.05) is 31.2 Å². The maximum atomic E-state index is 10.7. The highest BCUT2D eigenvalue weighted by Gasteiger charge is 2.14. The molecule has 76 valence electrons. The first-order valence-electron chi connectivity index (χ1n) is 4.92. The summed E-state index contributed by atoms with van der Waals surface area (Å²) in [6, 6.07) is 7.99. The third kappa shape index (κ3) is 2.59. The van der Waals surface area contributed by atoms with Gasteiger partial charge in [0.15, 0.2) is 0 Å². The van der Waals surface area contributed by atoms with E-state index in [9.17, 15) is 4.79 Å². The summed E-state index contributed by atoms with van der Waals surface area (Å²) in [5, 5.41) is 8.77. The lowest BCUT2D eigenvalue weighted by molar-refractivity contribution is -0.137. The van der Waals surface area contributed by atoms with Crippen LogP contribution in [0.1, 0.15) is 36.8 Å². The van der Waals surface area contributed by atoms with Gasteiger partial charge in [-0.05, 0) is 30.4 Å². The van der Waals surface area contributed by atoms with E-state index in [2.05, 4.69) is 0 Å². The van der Waals surface area contributed by atoms with Crippen molar-refractivity contribution in [2.45, 2.75) is 32.6 Å². The van der Waals surface area contributed by atoms with Crippen molar-refractivity contribution < 1.29 is 9.90 Å². The fourth-order valence-corrected chi connectivity index (χ4v) is 1.73. The van der Waals surface area contributed by atoms with Gasteiger partial charge in [-0.3, -0.25) is 4.79 Å². The molecule has 0 spiro atoms. The van der Waals surface area contributed by atoms with Gasteiger partial charge in [-0.2, -0.15) is 0 Å². The molecule has 0 heterocycles. The Kier molecular flexibility index (Phi) is 3.69. The summed E-state index contributed by atoms with van der Waals surface area (Å²) in [7, 11) is 0. The lowest BCUT2D eigenvalue weighted by Crippen LogP contribution is -2.06. The standard InChI is InChI=1S/C12H16O2/c1-3-10(8-12(13)14)11-7-5-4-6-9(11)2/h4-7,10H,3,8H2,1-2H3,(H,13,14). The third-order valence-corrected chi connectivity index (χ3v) is 2.54. The van der Waals surface area contributed by atoms with Gasteiger partial charge < -0.3 is 5.11 Å². The average molecular weight is 192 g/mol. The van der Waals surface area contributed by atoms with E-state index in [0.717, 1.165) is 12.0 Å². The summed E-state index contributed by atoms with van der Waals surface area (Å²) < 4.78 is 0. The summed E-state index contributed by atoms with van der Waals surface area (Å²) in [5.74, 6) is -0.575. The Morgan fingerprint density at radius 3 is 2.57 bits per heavy atom. The molecule has 1 N–H and O–H groups in total. The number of rotatable bonds is 4. The fraction of sp³-hybridized carbons (Fsp3) is 0.417. The molecule has 1 aromatic carbocycles. The van der Waals surface area contributed by atoms with Crippen LogP contribution in [0.4, 0.5) is 0 Å². The van der Waals surface area contributed by atoms with E-state index >= 15 is 0 Å². The topological polar surface area (TPSA) is 37.3 Å². The van der Waals surface area contributed by atoms with Crippen LogP contribution in [0.3, 0.4) is 0 Å². The van der Waals surface area contributed by atoms with Gasteiger partial charge in [0.25, 0.3) is 0 Å². The smallest absolute Gasteiger partial charge is 0.303 e. The van der Waals surface area contributed by atoms with Crippen molar-refractivity contribution in [3.8, 4) is 0 Å². The van der Waals surface area contributed by atoms with E-state index in [0.29, 0.717) is 0 Å². The summed E-state index contributed by atoms with van der Waals surface area (Å²) in [6.07, 6.45) is 1.10. The quantitative estimate of drug-likeness (QED) is 0.796. The monoisotopic (exact) mass is 192 g/mol. The molecule has 0 radical (unpaired) electrons. The molecule has 0 aliphatic heterocycles. The first-order chi connectivity index (χ1) is 6.65. The van der Waals surface area contributed by atoms with E-state index in [4.69, 9.17) is 5.11 Å². The van der Waals surface area contributed by atoms with Gasteiger partial charge >= 0.3 is 5.97 Å². The highest BCUT2D eigenvalue weighted by atomic mass is 16.4. The molecule has 0 aliphatic rings. The molecule has 0 aliphatic carbocycles.